The number of thiol groups is 1. The van der Waals surface area contributed by atoms with E-state index in [-0.39, 0.29) is 91.3 Å². The molecule has 13 N–H and O–H groups in total. The van der Waals surface area contributed by atoms with Gasteiger partial charge in [-0.25, -0.2) is 29.5 Å². The van der Waals surface area contributed by atoms with E-state index in [1.54, 1.807) is 60.9 Å². The highest BCUT2D eigenvalue weighted by atomic mass is 32.1. The lowest BCUT2D eigenvalue weighted by atomic mass is 10.1. The topological polar surface area (TPSA) is 470 Å². The molecule has 0 aliphatic carbocycles. The first-order valence-corrected chi connectivity index (χ1v) is 35.6. The number of unbranched alkanes of at least 4 members (excludes halogenated alkanes) is 4. The number of ether oxygens (including phenoxy) is 8. The van der Waals surface area contributed by atoms with Gasteiger partial charge >= 0.3 is 11.9 Å². The number of methoxy groups -OCH3 is 2. The molecule has 5 amide bonds. The molecule has 0 radical (unpaired) electrons. The van der Waals surface area contributed by atoms with Gasteiger partial charge < -0.3 is 102 Å². The summed E-state index contributed by atoms with van der Waals surface area (Å²) in [5.74, 6) is -2.17. The average molecular weight is 1480 g/mol. The van der Waals surface area contributed by atoms with Crippen molar-refractivity contribution in [1.82, 2.24) is 71.4 Å². The second-order valence-electron chi connectivity index (χ2n) is 24.1. The van der Waals surface area contributed by atoms with Crippen LogP contribution in [0.3, 0.4) is 0 Å². The number of benzene rings is 2. The van der Waals surface area contributed by atoms with Crippen molar-refractivity contribution in [3.8, 4) is 0 Å². The molecule has 4 heterocycles. The fraction of sp³-hybridized carbons (Fsp3) is 0.551. The molecular formula is C69H102N20O15S. The zero-order valence-corrected chi connectivity index (χ0v) is 61.2. The molecule has 0 aliphatic heterocycles. The average Bonchev–Trinajstić information content (AvgIpc) is 0.814. The van der Waals surface area contributed by atoms with E-state index in [1.165, 1.54) is 14.2 Å². The van der Waals surface area contributed by atoms with E-state index in [0.29, 0.717) is 164 Å². The molecule has 0 fully saturated rings. The molecule has 36 heteroatoms. The molecule has 0 unspecified atom stereocenters. The highest BCUT2D eigenvalue weighted by Gasteiger charge is 2.26. The molecule has 105 heavy (non-hydrogen) atoms. The number of carbonyl (C=O) groups is 7. The Morgan fingerprint density at radius 2 is 0.838 bits per heavy atom. The van der Waals surface area contributed by atoms with Gasteiger partial charge in [0.2, 0.25) is 29.6 Å². The van der Waals surface area contributed by atoms with Gasteiger partial charge in [-0.3, -0.25) is 24.0 Å². The van der Waals surface area contributed by atoms with Crippen LogP contribution in [0, 0.1) is 0 Å². The first-order valence-electron chi connectivity index (χ1n) is 34.9. The number of aromatic nitrogens is 8. The Kier molecular flexibility index (Phi) is 38.4. The molecule has 0 saturated heterocycles. The van der Waals surface area contributed by atoms with Crippen molar-refractivity contribution < 1.29 is 71.5 Å². The van der Waals surface area contributed by atoms with E-state index in [1.807, 2.05) is 23.9 Å². The van der Waals surface area contributed by atoms with Crippen LogP contribution < -0.4 is 59.3 Å². The Morgan fingerprint density at radius 3 is 1.27 bits per heavy atom. The highest BCUT2D eigenvalue weighted by molar-refractivity contribution is 7.80. The van der Waals surface area contributed by atoms with Crippen LogP contribution in [0.2, 0.25) is 0 Å². The predicted octanol–water partition coefficient (Wildman–Crippen LogP) is 1.97. The summed E-state index contributed by atoms with van der Waals surface area (Å²) in [5.41, 5.74) is 27.9. The largest absolute Gasteiger partial charge is 0.467 e. The molecule has 0 bridgehead atoms. The Labute approximate surface area is 616 Å². The number of nitrogen functional groups attached to an aromatic ring is 4. The SMILES string of the molecule is COC(=O)[C@H](CCC(=O)NCCCCCN(CCCCCNC(=O)CC[C@H](NC(=O)c1ccc(N(C)Cc2cnc3nc(N)nc(N)c3n2)cc1)C(=O)OC)CCOCCOCCNC(=O)CCOCCOCCOCCOCCS)NC(=O)c1ccc(N(C)Cc2cnc3nc(N)nc(N)c3n2)cc1. The number of hydrogen-bond acceptors (Lipinski definition) is 31. The molecular weight excluding hydrogens is 1380 g/mol. The zero-order valence-electron chi connectivity index (χ0n) is 60.4. The van der Waals surface area contributed by atoms with Crippen LogP contribution in [0.1, 0.15) is 103 Å². The summed E-state index contributed by atoms with van der Waals surface area (Å²) < 4.78 is 43.3. The summed E-state index contributed by atoms with van der Waals surface area (Å²) in [6.07, 6.45) is 8.05. The molecule has 0 saturated carbocycles. The second-order valence-corrected chi connectivity index (χ2v) is 24.6. The van der Waals surface area contributed by atoms with Gasteiger partial charge in [0.05, 0.1) is 130 Å². The van der Waals surface area contributed by atoms with Crippen molar-refractivity contribution in [3.63, 3.8) is 0 Å². The first-order chi connectivity index (χ1) is 50.8. The molecule has 35 nitrogen and oxygen atoms in total. The molecule has 2 aromatic carbocycles. The standard InChI is InChI=1S/C69H102N20O15S/c1-87(45-49-43-77-62-58(79-49)60(70)83-68(72)85-62)51-15-11-47(12-16-51)64(93)81-53(66(95)97-3)19-21-55(90)74-24-7-5-9-27-89(29-32-101-35-34-100-31-26-76-57(92)23-30-99-33-36-102-37-38-103-39-40-104-41-42-105)28-10-6-8-25-75-56(91)22-20-54(67(96)98-4)82-65(94)48-13-17-52(18-14-48)88(2)46-50-44-78-63-59(80-50)61(71)84-69(73)86-63/h11-18,43-44,53-54,105H,5-10,19-42,45-46H2,1-4H3,(H,74,90)(H,75,91)(H,76,92)(H,81,93)(H,82,94)(H4,70,72,77,83,85)(H4,71,73,78,84,86)/t53-,54-/m0/s1. The monoisotopic (exact) mass is 1480 g/mol. The number of nitrogens with two attached hydrogens (primary N) is 4. The van der Waals surface area contributed by atoms with Crippen molar-refractivity contribution in [3.05, 3.63) is 83.4 Å². The maximum Gasteiger partial charge on any atom is 0.328 e. The molecule has 0 spiro atoms. The Hall–Kier alpha value is -9.56. The number of carbonyl (C=O) groups excluding carboxylic acids is 7. The predicted molar refractivity (Wildman–Crippen MR) is 397 cm³/mol. The Morgan fingerprint density at radius 1 is 0.448 bits per heavy atom. The van der Waals surface area contributed by atoms with Crippen LogP contribution in [-0.4, -0.2) is 251 Å². The third kappa shape index (κ3) is 31.7. The van der Waals surface area contributed by atoms with E-state index in [0.717, 1.165) is 50.1 Å². The molecule has 2 atom stereocenters. The van der Waals surface area contributed by atoms with Gasteiger partial charge in [0.1, 0.15) is 12.1 Å². The van der Waals surface area contributed by atoms with Crippen molar-refractivity contribution in [2.45, 2.75) is 95.8 Å². The fourth-order valence-corrected chi connectivity index (χ4v) is 10.6. The van der Waals surface area contributed by atoms with E-state index in [2.05, 4.69) is 84.0 Å². The lowest BCUT2D eigenvalue weighted by Crippen LogP contribution is -2.42. The van der Waals surface area contributed by atoms with Crippen LogP contribution in [0.4, 0.5) is 34.9 Å². The molecule has 6 aromatic rings. The first kappa shape index (κ1) is 84.4. The Bertz CT molecular complexity index is 3460. The molecule has 0 aliphatic rings. The van der Waals surface area contributed by atoms with Crippen LogP contribution in [0.15, 0.2) is 60.9 Å². The maximum absolute atomic E-state index is 13.4. The van der Waals surface area contributed by atoms with Gasteiger partial charge in [-0.2, -0.15) is 32.6 Å². The third-order valence-electron chi connectivity index (χ3n) is 16.1. The molecule has 4 aromatic heterocycles. The van der Waals surface area contributed by atoms with Crippen molar-refractivity contribution in [2.24, 2.45) is 0 Å². The number of nitrogens with zero attached hydrogens (tertiary/aromatic N) is 11. The fourth-order valence-electron chi connectivity index (χ4n) is 10.4. The minimum atomic E-state index is -1.07. The highest BCUT2D eigenvalue weighted by Crippen LogP contribution is 2.22. The van der Waals surface area contributed by atoms with E-state index >= 15 is 0 Å². The summed E-state index contributed by atoms with van der Waals surface area (Å²) in [6, 6.07) is 11.4. The van der Waals surface area contributed by atoms with E-state index in [9.17, 15) is 33.6 Å². The summed E-state index contributed by atoms with van der Waals surface area (Å²) in [6.45, 7) is 9.08. The number of esters is 2. The zero-order chi connectivity index (χ0) is 75.6. The normalized spacial score (nSPS) is 11.8. The van der Waals surface area contributed by atoms with Gasteiger partial charge in [0, 0.05) is 87.8 Å². The minimum absolute atomic E-state index is 0.000949. The van der Waals surface area contributed by atoms with Gasteiger partial charge in [0.25, 0.3) is 11.8 Å². The van der Waals surface area contributed by atoms with Crippen LogP contribution in [0.5, 0.6) is 0 Å². The molecule has 6 rings (SSSR count). The molecule has 574 valence electrons. The van der Waals surface area contributed by atoms with Crippen molar-refractivity contribution >= 4 is 111 Å². The van der Waals surface area contributed by atoms with E-state index < -0.39 is 35.8 Å². The quantitative estimate of drug-likeness (QED) is 0.0148. The van der Waals surface area contributed by atoms with Crippen molar-refractivity contribution in [2.75, 3.05) is 185 Å². The Balaban J connectivity index is 0.873. The summed E-state index contributed by atoms with van der Waals surface area (Å²) >= 11 is 4.09. The lowest BCUT2D eigenvalue weighted by Gasteiger charge is -2.22. The van der Waals surface area contributed by atoms with E-state index in [4.69, 9.17) is 60.8 Å². The number of amides is 5. The van der Waals surface area contributed by atoms with Crippen LogP contribution >= 0.6 is 12.6 Å². The van der Waals surface area contributed by atoms with Gasteiger partial charge in [-0.15, -0.1) is 0 Å². The van der Waals surface area contributed by atoms with Gasteiger partial charge in [-0.1, -0.05) is 12.8 Å². The summed E-state index contributed by atoms with van der Waals surface area (Å²) in [7, 11) is 6.13. The summed E-state index contributed by atoms with van der Waals surface area (Å²) in [5, 5.41) is 14.1. The third-order valence-corrected chi connectivity index (χ3v) is 16.3. The van der Waals surface area contributed by atoms with Crippen molar-refractivity contribution in [1.29, 1.82) is 0 Å². The minimum Gasteiger partial charge on any atom is -0.467 e. The van der Waals surface area contributed by atoms with Crippen LogP contribution in [0.25, 0.3) is 22.3 Å². The number of rotatable bonds is 53. The van der Waals surface area contributed by atoms with Gasteiger partial charge in [0.15, 0.2) is 34.0 Å². The number of hydrogen-bond donors (Lipinski definition) is 10. The number of fused-ring (bicyclic) bond motifs is 2. The smallest absolute Gasteiger partial charge is 0.328 e. The lowest BCUT2D eigenvalue weighted by molar-refractivity contribution is -0.144. The number of anilines is 6. The number of nitrogens with one attached hydrogen (secondary N) is 5. The van der Waals surface area contributed by atoms with Crippen LogP contribution in [-0.2, 0) is 75.0 Å². The summed E-state index contributed by atoms with van der Waals surface area (Å²) in [4.78, 5) is 131. The maximum atomic E-state index is 13.4. The second kappa shape index (κ2) is 47.7. The van der Waals surface area contributed by atoms with Gasteiger partial charge in [-0.05, 0) is 100 Å².